The van der Waals surface area contributed by atoms with E-state index in [-0.39, 0.29) is 41.8 Å². The summed E-state index contributed by atoms with van der Waals surface area (Å²) >= 11 is 1.04. The Morgan fingerprint density at radius 2 is 1.88 bits per heavy atom. The predicted octanol–water partition coefficient (Wildman–Crippen LogP) is 1.90. The minimum absolute atomic E-state index is 0.0882. The van der Waals surface area contributed by atoms with Crippen molar-refractivity contribution in [3.63, 3.8) is 0 Å². The zero-order valence-corrected chi connectivity index (χ0v) is 19.5. The fraction of sp³-hybridized carbons (Fsp3) is 0.429. The number of fused-ring (bicyclic) bond motifs is 1. The van der Waals surface area contributed by atoms with Gasteiger partial charge in [-0.3, -0.25) is 9.59 Å². The Bertz CT molecular complexity index is 1120. The summed E-state index contributed by atoms with van der Waals surface area (Å²) in [5.74, 6) is 0.789. The normalized spacial score (nSPS) is 16.7. The summed E-state index contributed by atoms with van der Waals surface area (Å²) < 4.78 is 38.1. The highest BCUT2D eigenvalue weighted by Crippen LogP contribution is 2.32. The first kappa shape index (κ1) is 22.6. The molecular weight excluding hydrogens is 454 g/mol. The molecule has 2 aliphatic rings. The second kappa shape index (κ2) is 9.08. The second-order valence-electron chi connectivity index (χ2n) is 7.94. The van der Waals surface area contributed by atoms with Crippen LogP contribution in [0.25, 0.3) is 0 Å². The number of sulfonamides is 1. The van der Waals surface area contributed by atoms with Gasteiger partial charge in [-0.1, -0.05) is 6.07 Å². The van der Waals surface area contributed by atoms with Gasteiger partial charge >= 0.3 is 0 Å². The van der Waals surface area contributed by atoms with Gasteiger partial charge in [0.2, 0.25) is 12.7 Å². The van der Waals surface area contributed by atoms with Crippen molar-refractivity contribution in [2.75, 3.05) is 34.0 Å². The molecule has 2 amide bonds. The minimum Gasteiger partial charge on any atom is -0.454 e. The third kappa shape index (κ3) is 4.59. The van der Waals surface area contributed by atoms with Gasteiger partial charge in [0.1, 0.15) is 4.21 Å². The number of benzene rings is 1. The van der Waals surface area contributed by atoms with Crippen LogP contribution < -0.4 is 14.8 Å². The minimum atomic E-state index is -3.69. The highest BCUT2D eigenvalue weighted by atomic mass is 32.2. The fourth-order valence-electron chi connectivity index (χ4n) is 3.69. The van der Waals surface area contributed by atoms with Gasteiger partial charge < -0.3 is 19.7 Å². The smallest absolute Gasteiger partial charge is 0.254 e. The van der Waals surface area contributed by atoms with E-state index in [1.807, 2.05) is 18.2 Å². The highest BCUT2D eigenvalue weighted by Gasteiger charge is 2.33. The molecule has 1 N–H and O–H groups in total. The Morgan fingerprint density at radius 3 is 2.59 bits per heavy atom. The SMILES string of the molecule is CN(C)C(=O)c1csc(S(=O)(=O)N2CCC(C(=O)NCc3ccc4c(c3)OCO4)CC2)c1. The predicted molar refractivity (Wildman–Crippen MR) is 118 cm³/mol. The first-order valence-electron chi connectivity index (χ1n) is 10.2. The molecule has 1 fully saturated rings. The number of hydrogen-bond donors (Lipinski definition) is 1. The van der Waals surface area contributed by atoms with E-state index in [0.29, 0.717) is 36.4 Å². The van der Waals surface area contributed by atoms with Gasteiger partial charge in [-0.25, -0.2) is 8.42 Å². The lowest BCUT2D eigenvalue weighted by Crippen LogP contribution is -2.42. The Kier molecular flexibility index (Phi) is 6.40. The average Bonchev–Trinajstić information content (AvgIpc) is 3.46. The van der Waals surface area contributed by atoms with Crippen LogP contribution >= 0.6 is 11.3 Å². The van der Waals surface area contributed by atoms with Gasteiger partial charge in [-0.2, -0.15) is 4.31 Å². The van der Waals surface area contributed by atoms with E-state index in [0.717, 1.165) is 16.9 Å². The topological polar surface area (TPSA) is 105 Å². The van der Waals surface area contributed by atoms with Crippen LogP contribution in [0.2, 0.25) is 0 Å². The van der Waals surface area contributed by atoms with Crippen molar-refractivity contribution in [3.8, 4) is 11.5 Å². The van der Waals surface area contributed by atoms with Crippen molar-refractivity contribution < 1.29 is 27.5 Å². The van der Waals surface area contributed by atoms with E-state index in [9.17, 15) is 18.0 Å². The molecule has 0 radical (unpaired) electrons. The van der Waals surface area contributed by atoms with E-state index in [1.54, 1.807) is 19.5 Å². The maximum absolute atomic E-state index is 13.0. The zero-order valence-electron chi connectivity index (χ0n) is 17.9. The summed E-state index contributed by atoms with van der Waals surface area (Å²) in [6, 6.07) is 6.95. The number of rotatable bonds is 6. The summed E-state index contributed by atoms with van der Waals surface area (Å²) in [5.41, 5.74) is 1.26. The number of ether oxygens (including phenoxy) is 2. The van der Waals surface area contributed by atoms with Crippen molar-refractivity contribution in [3.05, 3.63) is 40.8 Å². The van der Waals surface area contributed by atoms with Gasteiger partial charge in [0.15, 0.2) is 11.5 Å². The molecule has 11 heteroatoms. The molecule has 4 rings (SSSR count). The molecule has 9 nitrogen and oxygen atoms in total. The van der Waals surface area contributed by atoms with Crippen LogP contribution in [0.4, 0.5) is 0 Å². The molecule has 1 saturated heterocycles. The summed E-state index contributed by atoms with van der Waals surface area (Å²) in [6.45, 7) is 1.09. The van der Waals surface area contributed by atoms with Gasteiger partial charge in [0, 0.05) is 45.0 Å². The van der Waals surface area contributed by atoms with Crippen LogP contribution in [0.1, 0.15) is 28.8 Å². The van der Waals surface area contributed by atoms with Crippen LogP contribution in [0.5, 0.6) is 11.5 Å². The quantitative estimate of drug-likeness (QED) is 0.679. The van der Waals surface area contributed by atoms with Crippen LogP contribution in [0, 0.1) is 5.92 Å². The van der Waals surface area contributed by atoms with Crippen LogP contribution in [0.15, 0.2) is 33.9 Å². The van der Waals surface area contributed by atoms with E-state index in [4.69, 9.17) is 9.47 Å². The summed E-state index contributed by atoms with van der Waals surface area (Å²) in [4.78, 5) is 26.1. The third-order valence-corrected chi connectivity index (χ3v) is 8.86. The van der Waals surface area contributed by atoms with E-state index in [2.05, 4.69) is 5.32 Å². The molecule has 0 unspecified atom stereocenters. The number of piperidine rings is 1. The molecule has 3 heterocycles. The Morgan fingerprint density at radius 1 is 1.16 bits per heavy atom. The molecule has 1 aromatic carbocycles. The molecule has 2 aromatic rings. The number of carbonyl (C=O) groups is 2. The molecule has 172 valence electrons. The first-order chi connectivity index (χ1) is 15.3. The molecule has 0 atom stereocenters. The van der Waals surface area contributed by atoms with Gasteiger partial charge in [0.05, 0.1) is 5.56 Å². The average molecular weight is 480 g/mol. The molecule has 0 bridgehead atoms. The maximum atomic E-state index is 13.0. The number of amides is 2. The lowest BCUT2D eigenvalue weighted by Gasteiger charge is -2.30. The van der Waals surface area contributed by atoms with Crippen molar-refractivity contribution in [2.24, 2.45) is 5.92 Å². The molecule has 1 aromatic heterocycles. The fourth-order valence-corrected chi connectivity index (χ4v) is 6.47. The van der Waals surface area contributed by atoms with Crippen LogP contribution in [-0.4, -0.2) is 63.4 Å². The molecular formula is C21H25N3O6S2. The largest absolute Gasteiger partial charge is 0.454 e. The number of carbonyl (C=O) groups excluding carboxylic acids is 2. The first-order valence-corrected chi connectivity index (χ1v) is 12.5. The monoisotopic (exact) mass is 479 g/mol. The lowest BCUT2D eigenvalue weighted by molar-refractivity contribution is -0.126. The second-order valence-corrected chi connectivity index (χ2v) is 11.0. The standard InChI is InChI=1S/C21H25N3O6S2/c1-23(2)21(26)16-10-19(31-12-16)32(27,28)24-7-5-15(6-8-24)20(25)22-11-14-3-4-17-18(9-14)30-13-29-17/h3-4,9-10,12,15H,5-8,11,13H2,1-2H3,(H,22,25). The molecule has 2 aliphatic heterocycles. The highest BCUT2D eigenvalue weighted by molar-refractivity contribution is 7.91. The molecule has 32 heavy (non-hydrogen) atoms. The third-order valence-electron chi connectivity index (χ3n) is 5.55. The Labute approximate surface area is 191 Å². The number of hydrogen-bond acceptors (Lipinski definition) is 7. The lowest BCUT2D eigenvalue weighted by atomic mass is 9.97. The number of nitrogens with one attached hydrogen (secondary N) is 1. The Balaban J connectivity index is 1.31. The Hall–Kier alpha value is -2.63. The number of nitrogens with zero attached hydrogens (tertiary/aromatic N) is 2. The number of thiophene rings is 1. The summed E-state index contributed by atoms with van der Waals surface area (Å²) in [5, 5.41) is 4.49. The molecule has 0 aliphatic carbocycles. The van der Waals surface area contributed by atoms with Crippen LogP contribution in [0.3, 0.4) is 0 Å². The van der Waals surface area contributed by atoms with E-state index in [1.165, 1.54) is 15.3 Å². The maximum Gasteiger partial charge on any atom is 0.254 e. The van der Waals surface area contributed by atoms with Crippen molar-refractivity contribution in [1.82, 2.24) is 14.5 Å². The van der Waals surface area contributed by atoms with Crippen molar-refractivity contribution in [1.29, 1.82) is 0 Å². The summed E-state index contributed by atoms with van der Waals surface area (Å²) in [7, 11) is -0.444. The van der Waals surface area contributed by atoms with E-state index >= 15 is 0 Å². The van der Waals surface area contributed by atoms with E-state index < -0.39 is 10.0 Å². The zero-order chi connectivity index (χ0) is 22.9. The summed E-state index contributed by atoms with van der Waals surface area (Å²) in [6.07, 6.45) is 0.891. The van der Waals surface area contributed by atoms with Crippen molar-refractivity contribution in [2.45, 2.75) is 23.6 Å². The van der Waals surface area contributed by atoms with Gasteiger partial charge in [0.25, 0.3) is 15.9 Å². The molecule has 0 spiro atoms. The molecule has 0 saturated carbocycles. The van der Waals surface area contributed by atoms with Gasteiger partial charge in [-0.15, -0.1) is 11.3 Å². The van der Waals surface area contributed by atoms with Crippen molar-refractivity contribution >= 4 is 33.2 Å². The van der Waals surface area contributed by atoms with Gasteiger partial charge in [-0.05, 0) is 36.6 Å². The van der Waals surface area contributed by atoms with Crippen LogP contribution in [-0.2, 0) is 21.4 Å².